The van der Waals surface area contributed by atoms with E-state index in [0.29, 0.717) is 5.75 Å². The molecular formula is C16H16FNO5S. The van der Waals surface area contributed by atoms with Gasteiger partial charge in [0.2, 0.25) is 10.0 Å². The van der Waals surface area contributed by atoms with Crippen LogP contribution in [0.3, 0.4) is 0 Å². The zero-order valence-corrected chi connectivity index (χ0v) is 13.6. The Hall–Kier alpha value is -2.45. The molecule has 0 aliphatic heterocycles. The minimum absolute atomic E-state index is 0.0460. The number of rotatable bonds is 7. The molecule has 0 aliphatic rings. The first kappa shape index (κ1) is 17.9. The number of carbonyl (C=O) groups is 1. The minimum Gasteiger partial charge on any atom is -0.492 e. The van der Waals surface area contributed by atoms with Crippen molar-refractivity contribution in [1.82, 2.24) is 4.72 Å². The number of hydrogen-bond donors (Lipinski definition) is 2. The monoisotopic (exact) mass is 353 g/mol. The summed E-state index contributed by atoms with van der Waals surface area (Å²) in [5.41, 5.74) is 0.591. The molecule has 6 nitrogen and oxygen atoms in total. The van der Waals surface area contributed by atoms with Crippen molar-refractivity contribution in [3.05, 3.63) is 59.4 Å². The first-order valence-corrected chi connectivity index (χ1v) is 8.50. The van der Waals surface area contributed by atoms with E-state index in [9.17, 15) is 17.6 Å². The topological polar surface area (TPSA) is 92.7 Å². The van der Waals surface area contributed by atoms with Gasteiger partial charge in [0.15, 0.2) is 0 Å². The maximum atomic E-state index is 13.7. The van der Waals surface area contributed by atoms with Crippen LogP contribution >= 0.6 is 0 Å². The normalized spacial score (nSPS) is 11.2. The van der Waals surface area contributed by atoms with Crippen LogP contribution in [0.4, 0.5) is 4.39 Å². The second-order valence-electron chi connectivity index (χ2n) is 4.96. The average Bonchev–Trinajstić information content (AvgIpc) is 2.53. The van der Waals surface area contributed by atoms with E-state index in [2.05, 4.69) is 4.72 Å². The molecule has 0 amide bonds. The quantitative estimate of drug-likeness (QED) is 0.745. The van der Waals surface area contributed by atoms with Gasteiger partial charge in [-0.1, -0.05) is 18.2 Å². The van der Waals surface area contributed by atoms with Crippen molar-refractivity contribution < 1.29 is 27.4 Å². The second-order valence-corrected chi connectivity index (χ2v) is 6.70. The Morgan fingerprint density at radius 3 is 2.62 bits per heavy atom. The molecule has 2 aromatic rings. The molecule has 0 heterocycles. The molecule has 128 valence electrons. The number of aromatic carboxylic acids is 1. The number of para-hydroxylation sites is 1. The fourth-order valence-electron chi connectivity index (χ4n) is 1.98. The molecule has 0 aromatic heterocycles. The highest BCUT2D eigenvalue weighted by molar-refractivity contribution is 7.89. The van der Waals surface area contributed by atoms with Crippen molar-refractivity contribution in [2.45, 2.75) is 11.8 Å². The molecule has 0 radical (unpaired) electrons. The van der Waals surface area contributed by atoms with Gasteiger partial charge in [-0.3, -0.25) is 0 Å². The SMILES string of the molecule is Cc1ccccc1OCCNS(=O)(=O)c1cc(C(=O)O)ccc1F. The summed E-state index contributed by atoms with van der Waals surface area (Å²) < 4.78 is 45.6. The summed E-state index contributed by atoms with van der Waals surface area (Å²) in [6, 6.07) is 9.83. The molecule has 0 aliphatic carbocycles. The van der Waals surface area contributed by atoms with Crippen molar-refractivity contribution in [2.75, 3.05) is 13.2 Å². The van der Waals surface area contributed by atoms with E-state index in [1.165, 1.54) is 0 Å². The van der Waals surface area contributed by atoms with Crippen LogP contribution in [-0.4, -0.2) is 32.6 Å². The standard InChI is InChI=1S/C16H16FNO5S/c1-11-4-2-3-5-14(11)23-9-8-18-24(21,22)15-10-12(16(19)20)6-7-13(15)17/h2-7,10,18H,8-9H2,1H3,(H,19,20). The Kier molecular flexibility index (Phi) is 5.53. The number of nitrogens with one attached hydrogen (secondary N) is 1. The van der Waals surface area contributed by atoms with E-state index in [1.54, 1.807) is 12.1 Å². The van der Waals surface area contributed by atoms with Crippen molar-refractivity contribution >= 4 is 16.0 Å². The molecule has 24 heavy (non-hydrogen) atoms. The maximum absolute atomic E-state index is 13.7. The number of hydrogen-bond acceptors (Lipinski definition) is 4. The molecule has 0 saturated carbocycles. The van der Waals surface area contributed by atoms with Crippen molar-refractivity contribution in [3.8, 4) is 5.75 Å². The van der Waals surface area contributed by atoms with Gasteiger partial charge in [-0.2, -0.15) is 0 Å². The van der Waals surface area contributed by atoms with E-state index in [1.807, 2.05) is 19.1 Å². The smallest absolute Gasteiger partial charge is 0.335 e. The van der Waals surface area contributed by atoms with Gasteiger partial charge in [0, 0.05) is 6.54 Å². The summed E-state index contributed by atoms with van der Waals surface area (Å²) in [4.78, 5) is 10.2. The van der Waals surface area contributed by atoms with Gasteiger partial charge in [0.1, 0.15) is 23.1 Å². The molecule has 0 bridgehead atoms. The molecule has 0 unspecified atom stereocenters. The number of carboxylic acid groups (broad SMARTS) is 1. The number of sulfonamides is 1. The zero-order valence-electron chi connectivity index (χ0n) is 12.8. The van der Waals surface area contributed by atoms with Crippen molar-refractivity contribution in [1.29, 1.82) is 0 Å². The lowest BCUT2D eigenvalue weighted by molar-refractivity contribution is 0.0696. The number of halogens is 1. The van der Waals surface area contributed by atoms with Crippen LogP contribution in [0.2, 0.25) is 0 Å². The van der Waals surface area contributed by atoms with Crippen LogP contribution in [-0.2, 0) is 10.0 Å². The van der Waals surface area contributed by atoms with Crippen LogP contribution in [0, 0.1) is 12.7 Å². The van der Waals surface area contributed by atoms with Crippen LogP contribution in [0.15, 0.2) is 47.4 Å². The van der Waals surface area contributed by atoms with Gasteiger partial charge in [-0.05, 0) is 36.8 Å². The highest BCUT2D eigenvalue weighted by Gasteiger charge is 2.20. The Morgan fingerprint density at radius 2 is 1.96 bits per heavy atom. The molecule has 2 rings (SSSR count). The molecule has 0 spiro atoms. The summed E-state index contributed by atoms with van der Waals surface area (Å²) in [7, 11) is -4.18. The number of carboxylic acids is 1. The summed E-state index contributed by atoms with van der Waals surface area (Å²) in [5, 5.41) is 8.87. The first-order valence-electron chi connectivity index (χ1n) is 7.02. The van der Waals surface area contributed by atoms with Crippen molar-refractivity contribution in [2.24, 2.45) is 0 Å². The predicted octanol–water partition coefficient (Wildman–Crippen LogP) is 2.19. The van der Waals surface area contributed by atoms with E-state index in [-0.39, 0.29) is 18.7 Å². The Balaban J connectivity index is 2.03. The molecular weight excluding hydrogens is 337 g/mol. The Morgan fingerprint density at radius 1 is 1.25 bits per heavy atom. The van der Waals surface area contributed by atoms with Gasteiger partial charge in [-0.15, -0.1) is 0 Å². The highest BCUT2D eigenvalue weighted by atomic mass is 32.2. The lowest BCUT2D eigenvalue weighted by Crippen LogP contribution is -2.29. The summed E-state index contributed by atoms with van der Waals surface area (Å²) >= 11 is 0. The fraction of sp³-hybridized carbons (Fsp3) is 0.188. The van der Waals surface area contributed by atoms with Crippen LogP contribution in [0.25, 0.3) is 0 Å². The predicted molar refractivity (Wildman–Crippen MR) is 85.2 cm³/mol. The third-order valence-corrected chi connectivity index (χ3v) is 4.69. The van der Waals surface area contributed by atoms with E-state index in [0.717, 1.165) is 23.8 Å². The summed E-state index contributed by atoms with van der Waals surface area (Å²) in [6.07, 6.45) is 0. The van der Waals surface area contributed by atoms with Crippen LogP contribution in [0.1, 0.15) is 15.9 Å². The summed E-state index contributed by atoms with van der Waals surface area (Å²) in [6.45, 7) is 1.81. The summed E-state index contributed by atoms with van der Waals surface area (Å²) in [5.74, 6) is -1.74. The molecule has 0 saturated heterocycles. The number of ether oxygens (including phenoxy) is 1. The molecule has 2 aromatic carbocycles. The van der Waals surface area contributed by atoms with Gasteiger partial charge >= 0.3 is 5.97 Å². The van der Waals surface area contributed by atoms with Gasteiger partial charge in [-0.25, -0.2) is 22.3 Å². The fourth-order valence-corrected chi connectivity index (χ4v) is 3.09. The lowest BCUT2D eigenvalue weighted by Gasteiger charge is -2.11. The molecule has 0 atom stereocenters. The third-order valence-electron chi connectivity index (χ3n) is 3.21. The molecule has 8 heteroatoms. The highest BCUT2D eigenvalue weighted by Crippen LogP contribution is 2.17. The first-order chi connectivity index (χ1) is 11.3. The van der Waals surface area contributed by atoms with E-state index in [4.69, 9.17) is 9.84 Å². The Bertz CT molecular complexity index is 851. The van der Waals surface area contributed by atoms with Gasteiger partial charge in [0.05, 0.1) is 5.56 Å². The van der Waals surface area contributed by atoms with Crippen LogP contribution in [0.5, 0.6) is 5.75 Å². The van der Waals surface area contributed by atoms with E-state index >= 15 is 0 Å². The average molecular weight is 353 g/mol. The Labute approximate surface area is 138 Å². The molecule has 2 N–H and O–H groups in total. The third kappa shape index (κ3) is 4.30. The number of benzene rings is 2. The number of aryl methyl sites for hydroxylation is 1. The molecule has 0 fully saturated rings. The maximum Gasteiger partial charge on any atom is 0.335 e. The van der Waals surface area contributed by atoms with Crippen molar-refractivity contribution in [3.63, 3.8) is 0 Å². The second kappa shape index (κ2) is 7.41. The van der Waals surface area contributed by atoms with E-state index < -0.39 is 26.7 Å². The zero-order chi connectivity index (χ0) is 17.7. The van der Waals surface area contributed by atoms with Crippen LogP contribution < -0.4 is 9.46 Å². The minimum atomic E-state index is -4.18. The van der Waals surface area contributed by atoms with Gasteiger partial charge < -0.3 is 9.84 Å². The lowest BCUT2D eigenvalue weighted by atomic mass is 10.2. The van der Waals surface area contributed by atoms with Gasteiger partial charge in [0.25, 0.3) is 0 Å². The largest absolute Gasteiger partial charge is 0.492 e.